The molecule has 12 heteroatoms. The van der Waals surface area contributed by atoms with Gasteiger partial charge in [0.05, 0.1) is 7.11 Å². The number of para-hydroxylation sites is 1. The summed E-state index contributed by atoms with van der Waals surface area (Å²) >= 11 is 0. The van der Waals surface area contributed by atoms with Gasteiger partial charge >= 0.3 is 12.8 Å². The zero-order valence-corrected chi connectivity index (χ0v) is 19.5. The highest BCUT2D eigenvalue weighted by atomic mass is 127. The van der Waals surface area contributed by atoms with Crippen LogP contribution in [-0.4, -0.2) is 39.5 Å². The summed E-state index contributed by atoms with van der Waals surface area (Å²) in [7, 11) is 2.86. The average molecular weight is 575 g/mol. The molecule has 0 aliphatic carbocycles. The lowest BCUT2D eigenvalue weighted by Crippen LogP contribution is -2.36. The van der Waals surface area contributed by atoms with Crippen molar-refractivity contribution < 1.29 is 36.2 Å². The predicted octanol–water partition coefficient (Wildman–Crippen LogP) is 4.72. The number of methoxy groups -OCH3 is 1. The molecule has 6 nitrogen and oxygen atoms in total. The zero-order valence-electron chi connectivity index (χ0n) is 17.2. The van der Waals surface area contributed by atoms with Gasteiger partial charge in [0.2, 0.25) is 0 Å². The molecule has 2 aromatic rings. The van der Waals surface area contributed by atoms with E-state index < -0.39 is 19.4 Å². The second kappa shape index (κ2) is 13.1. The number of hydrogen-bond donors (Lipinski definition) is 2. The van der Waals surface area contributed by atoms with E-state index >= 15 is 0 Å². The maximum absolute atomic E-state index is 12.5. The molecule has 0 bridgehead atoms. The fourth-order valence-electron chi connectivity index (χ4n) is 2.55. The van der Waals surface area contributed by atoms with Crippen LogP contribution in [0.3, 0.4) is 0 Å². The summed E-state index contributed by atoms with van der Waals surface area (Å²) in [5.41, 5.74) is 1.21. The number of benzene rings is 2. The van der Waals surface area contributed by atoms with Gasteiger partial charge in [0.25, 0.3) is 0 Å². The van der Waals surface area contributed by atoms with Crippen molar-refractivity contribution in [2.75, 3.05) is 20.8 Å². The lowest BCUT2D eigenvalue weighted by molar-refractivity contribution is -0.153. The average Bonchev–Trinajstić information content (AvgIpc) is 2.72. The normalized spacial score (nSPS) is 11.6. The number of guanidine groups is 1. The Bertz CT molecular complexity index is 882. The Morgan fingerprint density at radius 2 is 1.69 bits per heavy atom. The minimum Gasteiger partial charge on any atom is -0.493 e. The highest BCUT2D eigenvalue weighted by Crippen LogP contribution is 2.29. The number of hydrogen-bond acceptors (Lipinski definition) is 4. The third-order valence-corrected chi connectivity index (χ3v) is 3.94. The maximum Gasteiger partial charge on any atom is 0.422 e. The van der Waals surface area contributed by atoms with E-state index in [4.69, 9.17) is 9.47 Å². The molecule has 0 aliphatic heterocycles. The lowest BCUT2D eigenvalue weighted by atomic mass is 10.2. The second-order valence-corrected chi connectivity index (χ2v) is 6.15. The van der Waals surface area contributed by atoms with Crippen LogP contribution in [0.5, 0.6) is 17.2 Å². The van der Waals surface area contributed by atoms with Crippen LogP contribution >= 0.6 is 24.0 Å². The molecule has 0 saturated heterocycles. The van der Waals surface area contributed by atoms with Gasteiger partial charge in [-0.25, -0.2) is 0 Å². The Morgan fingerprint density at radius 1 is 1.00 bits per heavy atom. The minimum atomic E-state index is -4.46. The van der Waals surface area contributed by atoms with E-state index in [2.05, 4.69) is 20.4 Å². The van der Waals surface area contributed by atoms with Gasteiger partial charge in [-0.2, -0.15) is 22.0 Å². The molecule has 0 fully saturated rings. The summed E-state index contributed by atoms with van der Waals surface area (Å²) in [5.74, 6) is 0.564. The van der Waals surface area contributed by atoms with Crippen LogP contribution in [0.25, 0.3) is 0 Å². The number of halogens is 6. The third-order valence-electron chi connectivity index (χ3n) is 3.94. The molecule has 0 aromatic heterocycles. The van der Waals surface area contributed by atoms with E-state index in [1.54, 1.807) is 24.3 Å². The topological polar surface area (TPSA) is 64.1 Å². The highest BCUT2D eigenvalue weighted by molar-refractivity contribution is 14.0. The SMILES string of the molecule is CN=C(NCc1ccc(OCC(F)(F)F)c(OC)c1)NCc1ccccc1OC(F)F.I. The first-order valence-corrected chi connectivity index (χ1v) is 9.05. The van der Waals surface area contributed by atoms with Gasteiger partial charge in [0.1, 0.15) is 5.75 Å². The largest absolute Gasteiger partial charge is 0.493 e. The molecule has 2 rings (SSSR count). The summed E-state index contributed by atoms with van der Waals surface area (Å²) in [4.78, 5) is 4.05. The third kappa shape index (κ3) is 9.32. The van der Waals surface area contributed by atoms with Gasteiger partial charge in [0.15, 0.2) is 24.1 Å². The molecule has 0 radical (unpaired) electrons. The van der Waals surface area contributed by atoms with Crippen LogP contribution < -0.4 is 24.8 Å². The van der Waals surface area contributed by atoms with E-state index in [0.29, 0.717) is 17.1 Å². The van der Waals surface area contributed by atoms with Crippen LogP contribution in [0.4, 0.5) is 22.0 Å². The first-order chi connectivity index (χ1) is 14.7. The monoisotopic (exact) mass is 575 g/mol. The van der Waals surface area contributed by atoms with E-state index in [1.165, 1.54) is 32.4 Å². The number of alkyl halides is 5. The zero-order chi connectivity index (χ0) is 22.9. The van der Waals surface area contributed by atoms with Gasteiger partial charge in [-0.05, 0) is 23.8 Å². The molecule has 2 N–H and O–H groups in total. The number of aliphatic imine (C=N–C) groups is 1. The molecule has 0 unspecified atom stereocenters. The minimum absolute atomic E-state index is 0. The number of ether oxygens (including phenoxy) is 3. The Hall–Kier alpha value is -2.51. The Kier molecular flexibility index (Phi) is 11.3. The van der Waals surface area contributed by atoms with E-state index in [9.17, 15) is 22.0 Å². The van der Waals surface area contributed by atoms with E-state index in [0.717, 1.165) is 0 Å². The molecule has 0 heterocycles. The van der Waals surface area contributed by atoms with Crippen LogP contribution in [0.15, 0.2) is 47.5 Å². The van der Waals surface area contributed by atoms with Crippen molar-refractivity contribution in [1.29, 1.82) is 0 Å². The fraction of sp³-hybridized carbons (Fsp3) is 0.350. The molecule has 32 heavy (non-hydrogen) atoms. The van der Waals surface area contributed by atoms with E-state index in [-0.39, 0.29) is 54.3 Å². The fourth-order valence-corrected chi connectivity index (χ4v) is 2.55. The van der Waals surface area contributed by atoms with E-state index in [1.807, 2.05) is 0 Å². The summed E-state index contributed by atoms with van der Waals surface area (Å²) in [6.45, 7) is -3.91. The molecule has 0 amide bonds. The van der Waals surface area contributed by atoms with Gasteiger partial charge in [-0.3, -0.25) is 4.99 Å². The summed E-state index contributed by atoms with van der Waals surface area (Å²) < 4.78 is 76.4. The number of nitrogens with one attached hydrogen (secondary N) is 2. The molecular weight excluding hydrogens is 552 g/mol. The van der Waals surface area contributed by atoms with Gasteiger partial charge < -0.3 is 24.8 Å². The number of nitrogens with zero attached hydrogens (tertiary/aromatic N) is 1. The van der Waals surface area contributed by atoms with Crippen LogP contribution in [-0.2, 0) is 13.1 Å². The van der Waals surface area contributed by atoms with Crippen LogP contribution in [0.1, 0.15) is 11.1 Å². The molecule has 0 spiro atoms. The first-order valence-electron chi connectivity index (χ1n) is 9.05. The highest BCUT2D eigenvalue weighted by Gasteiger charge is 2.29. The van der Waals surface area contributed by atoms with Gasteiger partial charge in [0, 0.05) is 25.7 Å². The molecule has 0 saturated carbocycles. The number of rotatable bonds is 9. The standard InChI is InChI=1S/C20H22F5N3O3.HI/c1-26-19(28-11-14-5-3-4-6-15(14)31-18(21)22)27-10-13-7-8-16(17(9-13)29-2)30-12-20(23,24)25;/h3-9,18H,10-12H2,1-2H3,(H2,26,27,28);1H. The van der Waals surface area contributed by atoms with Crippen LogP contribution in [0, 0.1) is 0 Å². The van der Waals surface area contributed by atoms with Gasteiger partial charge in [-0.15, -0.1) is 24.0 Å². The summed E-state index contributed by atoms with van der Waals surface area (Å²) in [6.07, 6.45) is -4.46. The predicted molar refractivity (Wildman–Crippen MR) is 120 cm³/mol. The maximum atomic E-state index is 12.5. The molecule has 0 atom stereocenters. The van der Waals surface area contributed by atoms with Crippen molar-refractivity contribution in [3.05, 3.63) is 53.6 Å². The lowest BCUT2D eigenvalue weighted by Gasteiger charge is -2.16. The second-order valence-electron chi connectivity index (χ2n) is 6.15. The van der Waals surface area contributed by atoms with Crippen molar-refractivity contribution in [2.45, 2.75) is 25.9 Å². The van der Waals surface area contributed by atoms with Crippen molar-refractivity contribution in [3.8, 4) is 17.2 Å². The van der Waals surface area contributed by atoms with Crippen LogP contribution in [0.2, 0.25) is 0 Å². The van der Waals surface area contributed by atoms with Gasteiger partial charge in [-0.1, -0.05) is 24.3 Å². The van der Waals surface area contributed by atoms with Crippen molar-refractivity contribution in [2.24, 2.45) is 4.99 Å². The van der Waals surface area contributed by atoms with Crippen molar-refractivity contribution in [3.63, 3.8) is 0 Å². The molecule has 0 aliphatic rings. The van der Waals surface area contributed by atoms with Crippen molar-refractivity contribution in [1.82, 2.24) is 10.6 Å². The Balaban J connectivity index is 0.00000512. The molecular formula is C20H23F5IN3O3. The summed E-state index contributed by atoms with van der Waals surface area (Å²) in [6, 6.07) is 10.9. The quantitative estimate of drug-likeness (QED) is 0.196. The Morgan fingerprint density at radius 3 is 2.31 bits per heavy atom. The smallest absolute Gasteiger partial charge is 0.422 e. The summed E-state index contributed by atoms with van der Waals surface area (Å²) in [5, 5.41) is 6.00. The van der Waals surface area contributed by atoms with Crippen molar-refractivity contribution >= 4 is 29.9 Å². The Labute approximate surface area is 199 Å². The molecule has 178 valence electrons. The first kappa shape index (κ1) is 27.5. The molecule has 2 aromatic carbocycles.